The Bertz CT molecular complexity index is 999. The summed E-state index contributed by atoms with van der Waals surface area (Å²) in [5.74, 6) is -0.612. The lowest BCUT2D eigenvalue weighted by molar-refractivity contribution is -0.137. The van der Waals surface area contributed by atoms with Crippen LogP contribution >= 0.6 is 0 Å². The summed E-state index contributed by atoms with van der Waals surface area (Å²) in [6, 6.07) is 7.01. The number of primary sulfonamides is 1. The van der Waals surface area contributed by atoms with Crippen molar-refractivity contribution < 1.29 is 30.0 Å². The number of sulfone groups is 1. The van der Waals surface area contributed by atoms with Crippen molar-refractivity contribution in [3.05, 3.63) is 53.6 Å². The molecule has 25 heavy (non-hydrogen) atoms. The molecule has 0 radical (unpaired) electrons. The van der Waals surface area contributed by atoms with Crippen LogP contribution < -0.4 is 10.9 Å². The van der Waals surface area contributed by atoms with Gasteiger partial charge in [-0.25, -0.2) is 22.0 Å². The Labute approximate surface area is 142 Å². The molecule has 136 valence electrons. The summed E-state index contributed by atoms with van der Waals surface area (Å²) in [6.07, 6.45) is -4.78. The fourth-order valence-corrected chi connectivity index (χ4v) is 3.94. The highest BCUT2D eigenvalue weighted by Gasteiger charge is 2.34. The molecule has 6 nitrogen and oxygen atoms in total. The Kier molecular flexibility index (Phi) is 4.86. The maximum absolute atomic E-state index is 12.9. The van der Waals surface area contributed by atoms with E-state index in [0.717, 1.165) is 24.3 Å². The van der Waals surface area contributed by atoms with Crippen LogP contribution in [0.5, 0.6) is 0 Å². The first kappa shape index (κ1) is 19.2. The molecule has 11 heteroatoms. The summed E-state index contributed by atoms with van der Waals surface area (Å²) in [6.45, 7) is 0. The van der Waals surface area contributed by atoms with E-state index in [1.54, 1.807) is 0 Å². The van der Waals surface area contributed by atoms with E-state index in [1.807, 2.05) is 0 Å². The van der Waals surface area contributed by atoms with Crippen LogP contribution in [0.15, 0.2) is 52.3 Å². The van der Waals surface area contributed by atoms with Crippen LogP contribution in [0.4, 0.5) is 18.9 Å². The van der Waals surface area contributed by atoms with Crippen molar-refractivity contribution in [3.63, 3.8) is 0 Å². The Morgan fingerprint density at radius 1 is 0.880 bits per heavy atom. The van der Waals surface area contributed by atoms with Crippen molar-refractivity contribution >= 4 is 25.5 Å². The van der Waals surface area contributed by atoms with Crippen LogP contribution in [0.2, 0.25) is 0 Å². The van der Waals surface area contributed by atoms with Gasteiger partial charge >= 0.3 is 6.18 Å². The Morgan fingerprint density at radius 3 is 1.88 bits per heavy atom. The van der Waals surface area contributed by atoms with Crippen molar-refractivity contribution in [2.45, 2.75) is 21.7 Å². The van der Waals surface area contributed by atoms with Crippen molar-refractivity contribution in [3.8, 4) is 0 Å². The van der Waals surface area contributed by atoms with E-state index >= 15 is 0 Å². The van der Waals surface area contributed by atoms with Crippen LogP contribution in [0.3, 0.4) is 0 Å². The van der Waals surface area contributed by atoms with Gasteiger partial charge < -0.3 is 5.73 Å². The molecule has 0 fully saturated rings. The van der Waals surface area contributed by atoms with E-state index in [0.29, 0.717) is 6.07 Å². The van der Waals surface area contributed by atoms with Gasteiger partial charge in [-0.2, -0.15) is 13.2 Å². The van der Waals surface area contributed by atoms with Gasteiger partial charge in [0, 0.05) is 5.69 Å². The SMILES string of the molecule is Nc1ccc(S(=O)(=O)Cc2ccc(S(N)(=O)=O)cc2)cc1C(F)(F)F. The number of hydrogen-bond donors (Lipinski definition) is 2. The van der Waals surface area contributed by atoms with E-state index in [-0.39, 0.29) is 10.5 Å². The first-order valence-corrected chi connectivity index (χ1v) is 9.82. The molecule has 0 unspecified atom stereocenters. The van der Waals surface area contributed by atoms with E-state index < -0.39 is 47.9 Å². The molecule has 0 aliphatic rings. The number of hydrogen-bond acceptors (Lipinski definition) is 5. The number of benzene rings is 2. The second-order valence-electron chi connectivity index (χ2n) is 5.19. The third-order valence-corrected chi connectivity index (χ3v) is 5.91. The third kappa shape index (κ3) is 4.50. The molecular formula is C14H13F3N2O4S2. The number of anilines is 1. The van der Waals surface area contributed by atoms with Gasteiger partial charge in [-0.05, 0) is 35.9 Å². The monoisotopic (exact) mass is 394 g/mol. The number of nitrogens with two attached hydrogens (primary N) is 2. The maximum atomic E-state index is 12.9. The molecule has 2 rings (SSSR count). The quantitative estimate of drug-likeness (QED) is 0.768. The summed E-state index contributed by atoms with van der Waals surface area (Å²) in [7, 11) is -8.03. The van der Waals surface area contributed by atoms with Gasteiger partial charge in [0.15, 0.2) is 9.84 Å². The second-order valence-corrected chi connectivity index (χ2v) is 8.75. The molecule has 0 atom stereocenters. The minimum atomic E-state index is -4.78. The summed E-state index contributed by atoms with van der Waals surface area (Å²) in [4.78, 5) is -0.745. The van der Waals surface area contributed by atoms with E-state index in [9.17, 15) is 30.0 Å². The Morgan fingerprint density at radius 2 is 1.40 bits per heavy atom. The number of sulfonamides is 1. The van der Waals surface area contributed by atoms with E-state index in [2.05, 4.69) is 0 Å². The lowest BCUT2D eigenvalue weighted by Crippen LogP contribution is -2.13. The fourth-order valence-electron chi connectivity index (χ4n) is 2.05. The van der Waals surface area contributed by atoms with Gasteiger partial charge in [-0.15, -0.1) is 0 Å². The largest absolute Gasteiger partial charge is 0.418 e. The lowest BCUT2D eigenvalue weighted by Gasteiger charge is -2.12. The smallest absolute Gasteiger partial charge is 0.398 e. The molecule has 2 aromatic carbocycles. The lowest BCUT2D eigenvalue weighted by atomic mass is 10.2. The molecular weight excluding hydrogens is 381 g/mol. The van der Waals surface area contributed by atoms with Crippen LogP contribution in [-0.2, 0) is 31.8 Å². The second kappa shape index (κ2) is 6.32. The van der Waals surface area contributed by atoms with Gasteiger partial charge in [0.2, 0.25) is 10.0 Å². The number of rotatable bonds is 4. The van der Waals surface area contributed by atoms with Crippen LogP contribution in [0.25, 0.3) is 0 Å². The number of nitrogen functional groups attached to an aromatic ring is 1. The standard InChI is InChI=1S/C14H13F3N2O4S2/c15-14(16,17)12-7-11(5-6-13(12)18)24(20,21)8-9-1-3-10(4-2-9)25(19,22)23/h1-7H,8,18H2,(H2,19,22,23). The van der Waals surface area contributed by atoms with Gasteiger partial charge in [-0.3, -0.25) is 0 Å². The molecule has 0 amide bonds. The van der Waals surface area contributed by atoms with Gasteiger partial charge in [-0.1, -0.05) is 12.1 Å². The molecule has 4 N–H and O–H groups in total. The zero-order chi connectivity index (χ0) is 19.0. The Hall–Kier alpha value is -2.11. The van der Waals surface area contributed by atoms with Crippen molar-refractivity contribution in [1.29, 1.82) is 0 Å². The maximum Gasteiger partial charge on any atom is 0.418 e. The average molecular weight is 394 g/mol. The number of alkyl halides is 3. The summed E-state index contributed by atoms with van der Waals surface area (Å²) >= 11 is 0. The third-order valence-electron chi connectivity index (χ3n) is 3.30. The van der Waals surface area contributed by atoms with Gasteiger partial charge in [0.1, 0.15) is 0 Å². The molecule has 2 aromatic rings. The first-order valence-electron chi connectivity index (χ1n) is 6.62. The minimum absolute atomic E-state index is 0.192. The van der Waals surface area contributed by atoms with Crippen LogP contribution in [-0.4, -0.2) is 16.8 Å². The molecule has 0 saturated heterocycles. The molecule has 0 heterocycles. The van der Waals surface area contributed by atoms with Crippen LogP contribution in [0.1, 0.15) is 11.1 Å². The van der Waals surface area contributed by atoms with Gasteiger partial charge in [0.05, 0.1) is 21.1 Å². The molecule has 0 aromatic heterocycles. The predicted molar refractivity (Wildman–Crippen MR) is 84.6 cm³/mol. The van der Waals surface area contributed by atoms with Crippen LogP contribution in [0, 0.1) is 0 Å². The van der Waals surface area contributed by atoms with E-state index in [4.69, 9.17) is 10.9 Å². The predicted octanol–water partition coefficient (Wildman–Crippen LogP) is 1.91. The molecule has 0 aliphatic carbocycles. The highest BCUT2D eigenvalue weighted by Crippen LogP contribution is 2.35. The first-order chi connectivity index (χ1) is 11.3. The van der Waals surface area contributed by atoms with Crippen molar-refractivity contribution in [2.24, 2.45) is 5.14 Å². The summed E-state index contributed by atoms with van der Waals surface area (Å²) < 4.78 is 85.5. The molecule has 0 bridgehead atoms. The topological polar surface area (TPSA) is 120 Å². The molecule has 0 saturated carbocycles. The normalized spacial score (nSPS) is 13.0. The van der Waals surface area contributed by atoms with E-state index in [1.165, 1.54) is 12.1 Å². The average Bonchev–Trinajstić information content (AvgIpc) is 2.45. The highest BCUT2D eigenvalue weighted by atomic mass is 32.2. The van der Waals surface area contributed by atoms with Crippen molar-refractivity contribution in [1.82, 2.24) is 0 Å². The summed E-state index contributed by atoms with van der Waals surface area (Å²) in [5.41, 5.74) is 3.62. The number of halogens is 3. The molecule has 0 aliphatic heterocycles. The zero-order valence-corrected chi connectivity index (χ0v) is 14.1. The van der Waals surface area contributed by atoms with Crippen molar-refractivity contribution in [2.75, 3.05) is 5.73 Å². The molecule has 0 spiro atoms. The highest BCUT2D eigenvalue weighted by molar-refractivity contribution is 7.90. The fraction of sp³-hybridized carbons (Fsp3) is 0.143. The van der Waals surface area contributed by atoms with Gasteiger partial charge in [0.25, 0.3) is 0 Å². The minimum Gasteiger partial charge on any atom is -0.398 e. The Balaban J connectivity index is 2.37. The summed E-state index contributed by atoms with van der Waals surface area (Å²) in [5, 5.41) is 4.93. The zero-order valence-electron chi connectivity index (χ0n) is 12.5.